The van der Waals surface area contributed by atoms with E-state index in [1.54, 1.807) is 37.3 Å². The van der Waals surface area contributed by atoms with Crippen LogP contribution in [-0.2, 0) is 27.6 Å². The molecule has 0 aliphatic carbocycles. The number of fused-ring (bicyclic) bond motifs is 1. The van der Waals surface area contributed by atoms with Crippen LogP contribution in [0.25, 0.3) is 0 Å². The van der Waals surface area contributed by atoms with Crippen LogP contribution in [0.3, 0.4) is 0 Å². The molecule has 4 rings (SSSR count). The topological polar surface area (TPSA) is 143 Å². The van der Waals surface area contributed by atoms with E-state index in [-0.39, 0.29) is 23.2 Å². The first kappa shape index (κ1) is 27.8. The molecule has 0 unspecified atom stereocenters. The molecule has 202 valence electrons. The molecule has 0 fully saturated rings. The normalized spacial score (nSPS) is 13.4. The van der Waals surface area contributed by atoms with Gasteiger partial charge in [-0.05, 0) is 67.6 Å². The summed E-state index contributed by atoms with van der Waals surface area (Å²) in [5, 5.41) is 20.7. The van der Waals surface area contributed by atoms with E-state index in [1.807, 2.05) is 12.1 Å². The average Bonchev–Trinajstić information content (AvgIpc) is 3.33. The molecule has 0 bridgehead atoms. The van der Waals surface area contributed by atoms with E-state index in [9.17, 15) is 28.6 Å². The number of rotatable bonds is 11. The quantitative estimate of drug-likeness (QED) is 0.164. The predicted octanol–water partition coefficient (Wildman–Crippen LogP) is 3.99. The average molecular weight is 549 g/mol. The smallest absolute Gasteiger partial charge is 0.338 e. The number of nitrogens with one attached hydrogen (secondary N) is 1. The molecule has 1 N–H and O–H groups in total. The summed E-state index contributed by atoms with van der Waals surface area (Å²) in [7, 11) is -3.88. The van der Waals surface area contributed by atoms with E-state index in [2.05, 4.69) is 15.7 Å². The second-order valence-electron chi connectivity index (χ2n) is 9.33. The van der Waals surface area contributed by atoms with Crippen molar-refractivity contribution in [3.63, 3.8) is 0 Å². The Morgan fingerprint density at radius 2 is 1.90 bits per heavy atom. The molecule has 39 heavy (non-hydrogen) atoms. The first-order valence-electron chi connectivity index (χ1n) is 12.5. The second kappa shape index (κ2) is 12.1. The maximum atomic E-state index is 12.7. The van der Waals surface area contributed by atoms with E-state index in [1.165, 1.54) is 12.1 Å². The number of carbonyl (C=O) groups excluding carboxylic acids is 1. The highest BCUT2D eigenvalue weighted by Gasteiger charge is 2.25. The third kappa shape index (κ3) is 6.79. The number of anilines is 1. The third-order valence-electron chi connectivity index (χ3n) is 6.41. The molecule has 10 nitrogen and oxygen atoms in total. The SMILES string of the molecule is C[C@H](Cc1cc(C#N)c2c(c1)CCN2CCCOC(=O)c1ccccc1)NS(=O)(=O)c1ccc([N+](=O)[O-])cc1. The molecule has 11 heteroatoms. The van der Waals surface area contributed by atoms with Gasteiger partial charge in [0.25, 0.3) is 5.69 Å². The van der Waals surface area contributed by atoms with Crippen LogP contribution in [0.4, 0.5) is 11.4 Å². The van der Waals surface area contributed by atoms with Gasteiger partial charge in [-0.15, -0.1) is 0 Å². The van der Waals surface area contributed by atoms with Crippen LogP contribution in [0.1, 0.15) is 40.4 Å². The molecule has 0 radical (unpaired) electrons. The summed E-state index contributed by atoms with van der Waals surface area (Å²) in [5.41, 5.74) is 3.57. The fourth-order valence-electron chi connectivity index (χ4n) is 4.67. The zero-order valence-electron chi connectivity index (χ0n) is 21.4. The van der Waals surface area contributed by atoms with Crippen LogP contribution in [0.15, 0.2) is 71.6 Å². The predicted molar refractivity (Wildman–Crippen MR) is 145 cm³/mol. The van der Waals surface area contributed by atoms with Crippen molar-refractivity contribution in [3.05, 3.63) is 99.1 Å². The van der Waals surface area contributed by atoms with Crippen molar-refractivity contribution < 1.29 is 22.9 Å². The third-order valence-corrected chi connectivity index (χ3v) is 8.01. The zero-order valence-corrected chi connectivity index (χ0v) is 22.2. The number of esters is 1. The van der Waals surface area contributed by atoms with Crippen LogP contribution in [0.2, 0.25) is 0 Å². The fraction of sp³-hybridized carbons (Fsp3) is 0.286. The molecule has 0 spiro atoms. The van der Waals surface area contributed by atoms with Gasteiger partial charge in [0.1, 0.15) is 6.07 Å². The van der Waals surface area contributed by atoms with Crippen molar-refractivity contribution in [2.24, 2.45) is 0 Å². The highest BCUT2D eigenvalue weighted by molar-refractivity contribution is 7.89. The molecule has 0 aromatic heterocycles. The van der Waals surface area contributed by atoms with Crippen LogP contribution in [0, 0.1) is 21.4 Å². The fourth-order valence-corrected chi connectivity index (χ4v) is 5.91. The summed E-state index contributed by atoms with van der Waals surface area (Å²) in [6, 6.07) is 19.1. The van der Waals surface area contributed by atoms with Crippen molar-refractivity contribution in [2.45, 2.75) is 37.1 Å². The molecule has 3 aromatic carbocycles. The molecular weight excluding hydrogens is 520 g/mol. The van der Waals surface area contributed by atoms with Gasteiger partial charge in [-0.2, -0.15) is 5.26 Å². The number of benzene rings is 3. The standard InChI is InChI=1S/C28H28N4O6S/c1-20(30-39(36,37)26-10-8-25(9-11-26)32(34)35)16-21-17-23-12-14-31(27(23)24(18-21)19-29)13-5-15-38-28(33)22-6-3-2-4-7-22/h2-4,6-11,17-18,20,30H,5,12-16H2,1H3/t20-/m1/s1. The largest absolute Gasteiger partial charge is 0.462 e. The number of nitro groups is 1. The summed E-state index contributed by atoms with van der Waals surface area (Å²) >= 11 is 0. The Hall–Kier alpha value is -4.27. The molecule has 3 aromatic rings. The van der Waals surface area contributed by atoms with Gasteiger partial charge in [0.2, 0.25) is 10.0 Å². The number of nitro benzene ring substituents is 1. The highest BCUT2D eigenvalue weighted by atomic mass is 32.2. The van der Waals surface area contributed by atoms with E-state index in [4.69, 9.17) is 4.74 Å². The van der Waals surface area contributed by atoms with Crippen molar-refractivity contribution >= 4 is 27.4 Å². The second-order valence-corrected chi connectivity index (χ2v) is 11.0. The van der Waals surface area contributed by atoms with Crippen molar-refractivity contribution in [1.82, 2.24) is 4.72 Å². The zero-order chi connectivity index (χ0) is 28.0. The Balaban J connectivity index is 1.36. The molecule has 0 amide bonds. The first-order valence-corrected chi connectivity index (χ1v) is 14.0. The van der Waals surface area contributed by atoms with Gasteiger partial charge in [0.05, 0.1) is 33.2 Å². The lowest BCUT2D eigenvalue weighted by Gasteiger charge is -2.21. The highest BCUT2D eigenvalue weighted by Crippen LogP contribution is 2.33. The Bertz CT molecular complexity index is 1500. The lowest BCUT2D eigenvalue weighted by molar-refractivity contribution is -0.384. The number of carbonyl (C=O) groups is 1. The van der Waals surface area contributed by atoms with E-state index in [0.29, 0.717) is 30.5 Å². The lowest BCUT2D eigenvalue weighted by atomic mass is 9.99. The van der Waals surface area contributed by atoms with Crippen LogP contribution < -0.4 is 9.62 Å². The number of nitrogens with zero attached hydrogens (tertiary/aromatic N) is 3. The number of sulfonamides is 1. The van der Waals surface area contributed by atoms with E-state index in [0.717, 1.165) is 41.9 Å². The van der Waals surface area contributed by atoms with Gasteiger partial charge in [0, 0.05) is 31.3 Å². The minimum atomic E-state index is -3.88. The number of hydrogen-bond donors (Lipinski definition) is 1. The lowest BCUT2D eigenvalue weighted by Crippen LogP contribution is -2.34. The van der Waals surface area contributed by atoms with E-state index >= 15 is 0 Å². The van der Waals surface area contributed by atoms with Crippen molar-refractivity contribution in [2.75, 3.05) is 24.6 Å². The molecule has 0 saturated carbocycles. The van der Waals surface area contributed by atoms with Gasteiger partial charge in [0.15, 0.2) is 0 Å². The first-order chi connectivity index (χ1) is 18.7. The monoisotopic (exact) mass is 548 g/mol. The van der Waals surface area contributed by atoms with Gasteiger partial charge < -0.3 is 9.64 Å². The molecule has 1 aliphatic rings. The minimum Gasteiger partial charge on any atom is -0.462 e. The number of hydrogen-bond acceptors (Lipinski definition) is 8. The number of ether oxygens (including phenoxy) is 1. The Kier molecular flexibility index (Phi) is 8.59. The molecule has 1 aliphatic heterocycles. The van der Waals surface area contributed by atoms with Gasteiger partial charge in [-0.25, -0.2) is 17.9 Å². The summed E-state index contributed by atoms with van der Waals surface area (Å²) in [5.74, 6) is -0.363. The molecule has 0 saturated heterocycles. The molecule has 1 heterocycles. The summed E-state index contributed by atoms with van der Waals surface area (Å²) < 4.78 is 33.5. The van der Waals surface area contributed by atoms with Crippen LogP contribution in [-0.4, -0.2) is 45.0 Å². The van der Waals surface area contributed by atoms with Crippen LogP contribution in [0.5, 0.6) is 0 Å². The number of nitriles is 1. The van der Waals surface area contributed by atoms with Gasteiger partial charge in [-0.3, -0.25) is 10.1 Å². The summed E-state index contributed by atoms with van der Waals surface area (Å²) in [4.78, 5) is 24.4. The molecule has 1 atom stereocenters. The summed E-state index contributed by atoms with van der Waals surface area (Å²) in [6.45, 7) is 3.37. The van der Waals surface area contributed by atoms with Crippen LogP contribution >= 0.6 is 0 Å². The van der Waals surface area contributed by atoms with Gasteiger partial charge in [-0.1, -0.05) is 24.3 Å². The van der Waals surface area contributed by atoms with Crippen molar-refractivity contribution in [1.29, 1.82) is 5.26 Å². The summed E-state index contributed by atoms with van der Waals surface area (Å²) in [6.07, 6.45) is 1.74. The van der Waals surface area contributed by atoms with E-state index < -0.39 is 21.0 Å². The Morgan fingerprint density at radius 3 is 2.56 bits per heavy atom. The minimum absolute atomic E-state index is 0.0586. The number of non-ortho nitro benzene ring substituents is 1. The maximum Gasteiger partial charge on any atom is 0.338 e. The van der Waals surface area contributed by atoms with Crippen molar-refractivity contribution in [3.8, 4) is 6.07 Å². The molecular formula is C28H28N4O6S. The maximum absolute atomic E-state index is 12.7. The van der Waals surface area contributed by atoms with Gasteiger partial charge >= 0.3 is 5.97 Å². The Morgan fingerprint density at radius 1 is 1.18 bits per heavy atom. The Labute approximate surface area is 227 Å².